The van der Waals surface area contributed by atoms with Crippen molar-refractivity contribution in [2.45, 2.75) is 19.8 Å². The Labute approximate surface area is 145 Å². The van der Waals surface area contributed by atoms with Gasteiger partial charge in [-0.05, 0) is 55.2 Å². The molecular weight excluding hydrogens is 322 g/mol. The van der Waals surface area contributed by atoms with Gasteiger partial charge >= 0.3 is 5.97 Å². The van der Waals surface area contributed by atoms with Crippen molar-refractivity contribution in [3.8, 4) is 17.2 Å². The van der Waals surface area contributed by atoms with E-state index in [9.17, 15) is 14.7 Å². The molecule has 1 saturated carbocycles. The van der Waals surface area contributed by atoms with Crippen LogP contribution < -0.4 is 9.64 Å². The first-order chi connectivity index (χ1) is 11.9. The number of amides is 1. The van der Waals surface area contributed by atoms with Crippen molar-refractivity contribution in [3.05, 3.63) is 48.0 Å². The number of aromatic carboxylic acids is 1. The van der Waals surface area contributed by atoms with E-state index in [2.05, 4.69) is 0 Å². The van der Waals surface area contributed by atoms with Gasteiger partial charge in [0.2, 0.25) is 5.91 Å². The molecule has 0 spiro atoms. The summed E-state index contributed by atoms with van der Waals surface area (Å²) in [5, 5.41) is 18.6. The first-order valence-electron chi connectivity index (χ1n) is 8.06. The summed E-state index contributed by atoms with van der Waals surface area (Å²) in [5.41, 5.74) is 0.743. The molecule has 2 aromatic rings. The number of carbonyl (C=O) groups is 2. The van der Waals surface area contributed by atoms with Gasteiger partial charge in [-0.15, -0.1) is 0 Å². The Bertz CT molecular complexity index is 796. The zero-order chi connectivity index (χ0) is 18.0. The van der Waals surface area contributed by atoms with Crippen LogP contribution >= 0.6 is 0 Å². The number of hydrogen-bond acceptors (Lipinski definition) is 4. The van der Waals surface area contributed by atoms with E-state index in [1.807, 2.05) is 0 Å². The highest BCUT2D eigenvalue weighted by Gasteiger charge is 2.26. The second kappa shape index (κ2) is 6.84. The van der Waals surface area contributed by atoms with Crippen molar-refractivity contribution in [2.75, 3.05) is 11.4 Å². The van der Waals surface area contributed by atoms with Crippen molar-refractivity contribution in [2.24, 2.45) is 5.92 Å². The monoisotopic (exact) mass is 341 g/mol. The Morgan fingerprint density at radius 1 is 1.12 bits per heavy atom. The van der Waals surface area contributed by atoms with Crippen LogP contribution in [0.25, 0.3) is 0 Å². The molecule has 1 fully saturated rings. The number of anilines is 1. The van der Waals surface area contributed by atoms with E-state index in [0.717, 1.165) is 31.1 Å². The molecule has 0 unspecified atom stereocenters. The van der Waals surface area contributed by atoms with Crippen LogP contribution in [-0.4, -0.2) is 28.6 Å². The Morgan fingerprint density at radius 2 is 1.80 bits per heavy atom. The number of hydrogen-bond donors (Lipinski definition) is 2. The molecule has 0 atom stereocenters. The molecule has 1 aliphatic carbocycles. The maximum absolute atomic E-state index is 11.8. The summed E-state index contributed by atoms with van der Waals surface area (Å²) in [6, 6.07) is 10.8. The molecule has 6 nitrogen and oxygen atoms in total. The van der Waals surface area contributed by atoms with Crippen LogP contribution in [0.15, 0.2) is 42.5 Å². The molecule has 3 rings (SSSR count). The quantitative estimate of drug-likeness (QED) is 0.837. The van der Waals surface area contributed by atoms with Crippen molar-refractivity contribution in [3.63, 3.8) is 0 Å². The highest BCUT2D eigenvalue weighted by molar-refractivity contribution is 5.91. The van der Waals surface area contributed by atoms with Gasteiger partial charge in [0.15, 0.2) is 0 Å². The summed E-state index contributed by atoms with van der Waals surface area (Å²) >= 11 is 0. The molecule has 0 heterocycles. The van der Waals surface area contributed by atoms with Crippen molar-refractivity contribution in [1.29, 1.82) is 0 Å². The van der Waals surface area contributed by atoms with Crippen LogP contribution in [0.4, 0.5) is 5.69 Å². The fraction of sp³-hybridized carbons (Fsp3) is 0.263. The van der Waals surface area contributed by atoms with Crippen LogP contribution in [0.2, 0.25) is 0 Å². The van der Waals surface area contributed by atoms with E-state index in [-0.39, 0.29) is 23.0 Å². The maximum atomic E-state index is 11.8. The molecule has 1 aliphatic rings. The summed E-state index contributed by atoms with van der Waals surface area (Å²) in [5.74, 6) is -0.0274. The molecule has 6 heteroatoms. The highest BCUT2D eigenvalue weighted by atomic mass is 16.5. The summed E-state index contributed by atoms with van der Waals surface area (Å²) in [6.45, 7) is 2.27. The van der Waals surface area contributed by atoms with Crippen LogP contribution in [0.5, 0.6) is 17.2 Å². The van der Waals surface area contributed by atoms with E-state index < -0.39 is 5.97 Å². The number of carbonyl (C=O) groups excluding carboxylic acids is 1. The molecular formula is C19H19NO5. The van der Waals surface area contributed by atoms with Crippen LogP contribution in [0.3, 0.4) is 0 Å². The Hall–Kier alpha value is -3.02. The van der Waals surface area contributed by atoms with Crippen molar-refractivity contribution >= 4 is 17.6 Å². The zero-order valence-electron chi connectivity index (χ0n) is 13.8. The van der Waals surface area contributed by atoms with Crippen LogP contribution in [0, 0.1) is 5.92 Å². The minimum Gasteiger partial charge on any atom is -0.508 e. The normalized spacial score (nSPS) is 13.3. The molecule has 25 heavy (non-hydrogen) atoms. The molecule has 2 aromatic carbocycles. The Morgan fingerprint density at radius 3 is 2.36 bits per heavy atom. The number of benzene rings is 2. The molecule has 2 N–H and O–H groups in total. The average molecular weight is 341 g/mol. The summed E-state index contributed by atoms with van der Waals surface area (Å²) in [7, 11) is 0. The van der Waals surface area contributed by atoms with E-state index in [4.69, 9.17) is 9.84 Å². The van der Waals surface area contributed by atoms with Crippen molar-refractivity contribution in [1.82, 2.24) is 0 Å². The summed E-state index contributed by atoms with van der Waals surface area (Å²) < 4.78 is 5.61. The predicted molar refractivity (Wildman–Crippen MR) is 92.3 cm³/mol. The number of carboxylic acids is 1. The fourth-order valence-electron chi connectivity index (χ4n) is 2.57. The minimum atomic E-state index is -1.15. The third-order valence-corrected chi connectivity index (χ3v) is 4.04. The third kappa shape index (κ3) is 4.29. The number of ether oxygens (including phenoxy) is 1. The molecule has 1 amide bonds. The van der Waals surface area contributed by atoms with Gasteiger partial charge in [0, 0.05) is 25.2 Å². The number of nitrogens with zero attached hydrogens (tertiary/aromatic N) is 1. The van der Waals surface area contributed by atoms with Gasteiger partial charge in [-0.1, -0.05) is 0 Å². The maximum Gasteiger partial charge on any atom is 0.335 e. The van der Waals surface area contributed by atoms with Gasteiger partial charge in [0.05, 0.1) is 5.56 Å². The molecule has 0 bridgehead atoms. The topological polar surface area (TPSA) is 87.1 Å². The largest absolute Gasteiger partial charge is 0.508 e. The number of rotatable bonds is 6. The number of carboxylic acid groups (broad SMARTS) is 1. The summed E-state index contributed by atoms with van der Waals surface area (Å²) in [4.78, 5) is 24.6. The lowest BCUT2D eigenvalue weighted by atomic mass is 10.2. The fourth-order valence-corrected chi connectivity index (χ4v) is 2.57. The second-order valence-electron chi connectivity index (χ2n) is 6.19. The number of phenols is 1. The molecule has 0 radical (unpaired) electrons. The Kier molecular flexibility index (Phi) is 4.61. The lowest BCUT2D eigenvalue weighted by Crippen LogP contribution is -2.30. The highest BCUT2D eigenvalue weighted by Crippen LogP contribution is 2.33. The standard InChI is InChI=1S/C19H19NO5/c1-12(21)20(11-13-2-3-13)15-4-6-17(7-5-15)25-18-9-14(19(23)24)8-16(22)10-18/h4-10,13,22H,2-3,11H2,1H3,(H,23,24). The SMILES string of the molecule is CC(=O)N(CC1CC1)c1ccc(Oc2cc(O)cc(C(=O)O)c2)cc1. The number of phenolic OH excluding ortho intramolecular Hbond substituents is 1. The van der Waals surface area contributed by atoms with Gasteiger partial charge in [0.25, 0.3) is 0 Å². The average Bonchev–Trinajstić information content (AvgIpc) is 3.37. The molecule has 0 saturated heterocycles. The van der Waals surface area contributed by atoms with Crippen molar-refractivity contribution < 1.29 is 24.5 Å². The van der Waals surface area contributed by atoms with E-state index in [0.29, 0.717) is 11.7 Å². The zero-order valence-corrected chi connectivity index (χ0v) is 13.8. The molecule has 0 aliphatic heterocycles. The smallest absolute Gasteiger partial charge is 0.335 e. The second-order valence-corrected chi connectivity index (χ2v) is 6.19. The van der Waals surface area contributed by atoms with Crippen LogP contribution in [-0.2, 0) is 4.79 Å². The minimum absolute atomic E-state index is 0.000324. The van der Waals surface area contributed by atoms with Crippen LogP contribution in [0.1, 0.15) is 30.1 Å². The molecule has 130 valence electrons. The van der Waals surface area contributed by atoms with Gasteiger partial charge in [-0.25, -0.2) is 4.79 Å². The Balaban J connectivity index is 1.76. The first-order valence-corrected chi connectivity index (χ1v) is 8.06. The van der Waals surface area contributed by atoms with Gasteiger partial charge < -0.3 is 19.8 Å². The summed E-state index contributed by atoms with van der Waals surface area (Å²) in [6.07, 6.45) is 2.32. The lowest BCUT2D eigenvalue weighted by molar-refractivity contribution is -0.116. The first kappa shape index (κ1) is 16.8. The lowest BCUT2D eigenvalue weighted by Gasteiger charge is -2.21. The van der Waals surface area contributed by atoms with E-state index in [1.165, 1.54) is 12.1 Å². The van der Waals surface area contributed by atoms with Gasteiger partial charge in [-0.2, -0.15) is 0 Å². The predicted octanol–water partition coefficient (Wildman–Crippen LogP) is 3.65. The third-order valence-electron chi connectivity index (χ3n) is 4.04. The van der Waals surface area contributed by atoms with Gasteiger partial charge in [-0.3, -0.25) is 4.79 Å². The van der Waals surface area contributed by atoms with E-state index in [1.54, 1.807) is 36.1 Å². The number of aromatic hydroxyl groups is 1. The molecule has 0 aromatic heterocycles. The van der Waals surface area contributed by atoms with E-state index >= 15 is 0 Å². The van der Waals surface area contributed by atoms with Gasteiger partial charge in [0.1, 0.15) is 17.2 Å².